The Morgan fingerprint density at radius 3 is 1.62 bits per heavy atom. The number of aromatic nitrogens is 4. The highest BCUT2D eigenvalue weighted by Gasteiger charge is 2.19. The number of benzene rings is 1. The van der Waals surface area contributed by atoms with Crippen molar-refractivity contribution in [1.82, 2.24) is 19.9 Å². The average molecular weight is 277 g/mol. The molecule has 0 atom stereocenters. The normalized spacial score (nSPS) is 10.4. The summed E-state index contributed by atoms with van der Waals surface area (Å²) in [6, 6.07) is 9.98. The summed E-state index contributed by atoms with van der Waals surface area (Å²) >= 11 is 0. The van der Waals surface area contributed by atoms with Crippen LogP contribution in [-0.4, -0.2) is 19.9 Å². The van der Waals surface area contributed by atoms with E-state index in [0.717, 1.165) is 28.7 Å². The Labute approximate surface area is 123 Å². The van der Waals surface area contributed by atoms with Crippen molar-refractivity contribution in [3.63, 3.8) is 0 Å². The lowest BCUT2D eigenvalue weighted by Crippen LogP contribution is -2.16. The first-order chi connectivity index (χ1) is 10.3. The molecule has 2 aromatic heterocycles. The fourth-order valence-corrected chi connectivity index (χ4v) is 2.16. The monoisotopic (exact) mass is 277 g/mol. The van der Waals surface area contributed by atoms with Gasteiger partial charge in [-0.1, -0.05) is 18.2 Å². The molecule has 0 amide bonds. The van der Waals surface area contributed by atoms with E-state index < -0.39 is 0 Å². The van der Waals surface area contributed by atoms with E-state index in [1.165, 1.54) is 0 Å². The van der Waals surface area contributed by atoms with Gasteiger partial charge in [-0.25, -0.2) is 9.97 Å². The van der Waals surface area contributed by atoms with Gasteiger partial charge < -0.3 is 0 Å². The minimum absolute atomic E-state index is 0.757. The number of hydrogen-bond donors (Lipinski definition) is 0. The van der Waals surface area contributed by atoms with Crippen molar-refractivity contribution in [2.75, 3.05) is 4.90 Å². The predicted molar refractivity (Wildman–Crippen MR) is 81.8 cm³/mol. The molecule has 0 aliphatic heterocycles. The summed E-state index contributed by atoms with van der Waals surface area (Å²) in [6.45, 7) is 3.87. The molecule has 0 saturated heterocycles. The zero-order valence-corrected chi connectivity index (χ0v) is 11.9. The molecule has 1 aromatic carbocycles. The third-order valence-electron chi connectivity index (χ3n) is 3.15. The van der Waals surface area contributed by atoms with Crippen molar-refractivity contribution in [3.8, 4) is 0 Å². The number of aryl methyl sites for hydroxylation is 2. The molecule has 3 aromatic rings. The largest absolute Gasteiger partial charge is 0.276 e. The molecule has 0 radical (unpaired) electrons. The maximum absolute atomic E-state index is 4.47. The Kier molecular flexibility index (Phi) is 3.55. The second kappa shape index (κ2) is 5.66. The van der Waals surface area contributed by atoms with Crippen molar-refractivity contribution in [1.29, 1.82) is 0 Å². The molecule has 0 N–H and O–H groups in total. The molecule has 5 heteroatoms. The first kappa shape index (κ1) is 13.2. The maximum atomic E-state index is 4.47. The van der Waals surface area contributed by atoms with Crippen LogP contribution in [-0.2, 0) is 0 Å². The Bertz CT molecular complexity index is 697. The van der Waals surface area contributed by atoms with Crippen LogP contribution < -0.4 is 4.90 Å². The van der Waals surface area contributed by atoms with Gasteiger partial charge in [0, 0.05) is 30.5 Å². The smallest absolute Gasteiger partial charge is 0.160 e. The lowest BCUT2D eigenvalue weighted by Gasteiger charge is -2.24. The van der Waals surface area contributed by atoms with Gasteiger partial charge in [0.1, 0.15) is 0 Å². The van der Waals surface area contributed by atoms with Crippen molar-refractivity contribution < 1.29 is 0 Å². The van der Waals surface area contributed by atoms with Crippen LogP contribution >= 0.6 is 0 Å². The summed E-state index contributed by atoms with van der Waals surface area (Å²) in [5.74, 6) is 1.51. The lowest BCUT2D eigenvalue weighted by molar-refractivity contribution is 1.01. The van der Waals surface area contributed by atoms with Gasteiger partial charge in [0.2, 0.25) is 0 Å². The van der Waals surface area contributed by atoms with Crippen LogP contribution in [0.2, 0.25) is 0 Å². The standard InChI is InChI=1S/C16H15N5/c1-12-15(19-10-8-17-12)21(14-6-4-3-5-7-14)16-13(2)18-9-11-20-16/h3-11H,1-2H3. The molecule has 0 fully saturated rings. The average Bonchev–Trinajstić information content (AvgIpc) is 2.52. The molecule has 0 aliphatic rings. The number of hydrogen-bond acceptors (Lipinski definition) is 5. The second-order valence-electron chi connectivity index (χ2n) is 4.60. The highest BCUT2D eigenvalue weighted by molar-refractivity contribution is 5.73. The lowest BCUT2D eigenvalue weighted by atomic mass is 10.2. The van der Waals surface area contributed by atoms with Gasteiger partial charge in [0.15, 0.2) is 11.6 Å². The van der Waals surface area contributed by atoms with Gasteiger partial charge in [-0.05, 0) is 26.0 Å². The van der Waals surface area contributed by atoms with E-state index >= 15 is 0 Å². The summed E-state index contributed by atoms with van der Waals surface area (Å²) in [7, 11) is 0. The van der Waals surface area contributed by atoms with E-state index in [-0.39, 0.29) is 0 Å². The summed E-state index contributed by atoms with van der Waals surface area (Å²) in [5.41, 5.74) is 2.66. The number of rotatable bonds is 3. The van der Waals surface area contributed by atoms with E-state index in [4.69, 9.17) is 0 Å². The molecule has 21 heavy (non-hydrogen) atoms. The van der Waals surface area contributed by atoms with Crippen LogP contribution in [0, 0.1) is 13.8 Å². The topological polar surface area (TPSA) is 54.8 Å². The highest BCUT2D eigenvalue weighted by atomic mass is 15.3. The first-order valence-corrected chi connectivity index (χ1v) is 6.68. The summed E-state index contributed by atoms with van der Waals surface area (Å²) in [4.78, 5) is 19.6. The molecule has 0 saturated carbocycles. The Morgan fingerprint density at radius 1 is 0.667 bits per heavy atom. The van der Waals surface area contributed by atoms with Gasteiger partial charge in [0.25, 0.3) is 0 Å². The Hall–Kier alpha value is -2.82. The van der Waals surface area contributed by atoms with E-state index in [1.807, 2.05) is 49.1 Å². The second-order valence-corrected chi connectivity index (χ2v) is 4.60. The third-order valence-corrected chi connectivity index (χ3v) is 3.15. The van der Waals surface area contributed by atoms with Gasteiger partial charge >= 0.3 is 0 Å². The van der Waals surface area contributed by atoms with E-state index in [9.17, 15) is 0 Å². The molecular formula is C16H15N5. The maximum Gasteiger partial charge on any atom is 0.160 e. The third kappa shape index (κ3) is 2.58. The quantitative estimate of drug-likeness (QED) is 0.734. The molecule has 5 nitrogen and oxygen atoms in total. The zero-order valence-electron chi connectivity index (χ0n) is 11.9. The number of para-hydroxylation sites is 1. The van der Waals surface area contributed by atoms with Crippen LogP contribution in [0.25, 0.3) is 0 Å². The van der Waals surface area contributed by atoms with Gasteiger partial charge in [-0.15, -0.1) is 0 Å². The Balaban J connectivity index is 2.22. The molecular weight excluding hydrogens is 262 g/mol. The summed E-state index contributed by atoms with van der Waals surface area (Å²) < 4.78 is 0. The fourth-order valence-electron chi connectivity index (χ4n) is 2.16. The molecule has 0 unspecified atom stereocenters. The first-order valence-electron chi connectivity index (χ1n) is 6.68. The van der Waals surface area contributed by atoms with Crippen molar-refractivity contribution in [2.45, 2.75) is 13.8 Å². The fraction of sp³-hybridized carbons (Fsp3) is 0.125. The molecule has 0 bridgehead atoms. The van der Waals surface area contributed by atoms with Crippen molar-refractivity contribution >= 4 is 17.3 Å². The zero-order chi connectivity index (χ0) is 14.7. The minimum Gasteiger partial charge on any atom is -0.276 e. The SMILES string of the molecule is Cc1nccnc1N(c1ccccc1)c1nccnc1C. The van der Waals surface area contributed by atoms with Gasteiger partial charge in [-0.2, -0.15) is 0 Å². The molecule has 2 heterocycles. The van der Waals surface area contributed by atoms with E-state index in [2.05, 4.69) is 19.9 Å². The minimum atomic E-state index is 0.757. The predicted octanol–water partition coefficient (Wildman–Crippen LogP) is 3.35. The molecule has 0 spiro atoms. The molecule has 0 aliphatic carbocycles. The van der Waals surface area contributed by atoms with Crippen LogP contribution in [0.15, 0.2) is 55.1 Å². The van der Waals surface area contributed by atoms with Crippen LogP contribution in [0.4, 0.5) is 17.3 Å². The Morgan fingerprint density at radius 2 is 1.14 bits per heavy atom. The molecule has 3 rings (SSSR count). The van der Waals surface area contributed by atoms with Crippen LogP contribution in [0.1, 0.15) is 11.4 Å². The molecule has 104 valence electrons. The highest BCUT2D eigenvalue weighted by Crippen LogP contribution is 2.33. The van der Waals surface area contributed by atoms with Gasteiger partial charge in [0.05, 0.1) is 11.4 Å². The van der Waals surface area contributed by atoms with Gasteiger partial charge in [-0.3, -0.25) is 14.9 Å². The van der Waals surface area contributed by atoms with Crippen molar-refractivity contribution in [3.05, 3.63) is 66.5 Å². The van der Waals surface area contributed by atoms with Crippen LogP contribution in [0.5, 0.6) is 0 Å². The number of nitrogens with zero attached hydrogens (tertiary/aromatic N) is 5. The van der Waals surface area contributed by atoms with Crippen LogP contribution in [0.3, 0.4) is 0 Å². The number of anilines is 3. The summed E-state index contributed by atoms with van der Waals surface area (Å²) in [6.07, 6.45) is 6.74. The van der Waals surface area contributed by atoms with E-state index in [0.29, 0.717) is 0 Å². The summed E-state index contributed by atoms with van der Waals surface area (Å²) in [5, 5.41) is 0. The van der Waals surface area contributed by atoms with E-state index in [1.54, 1.807) is 24.8 Å². The van der Waals surface area contributed by atoms with Crippen molar-refractivity contribution in [2.24, 2.45) is 0 Å².